The maximum atomic E-state index is 5.94. The Labute approximate surface area is 187 Å². The van der Waals surface area contributed by atoms with Gasteiger partial charge in [0.1, 0.15) is 12.4 Å². The molecule has 0 aliphatic rings. The Hall–Kier alpha value is -4.06. The number of H-pyrrole nitrogens is 1. The molecule has 0 saturated carbocycles. The lowest BCUT2D eigenvalue weighted by molar-refractivity contribution is 0.306. The number of aliphatic imine (C=N–C) groups is 1. The minimum atomic E-state index is 0.307. The normalized spacial score (nSPS) is 11.8. The highest BCUT2D eigenvalue weighted by atomic mass is 16.5. The minimum absolute atomic E-state index is 0.307. The van der Waals surface area contributed by atoms with Gasteiger partial charge in [-0.15, -0.1) is 0 Å². The van der Waals surface area contributed by atoms with E-state index in [1.807, 2.05) is 72.9 Å². The van der Waals surface area contributed by atoms with E-state index in [9.17, 15) is 0 Å². The van der Waals surface area contributed by atoms with Gasteiger partial charge in [-0.2, -0.15) is 5.10 Å². The van der Waals surface area contributed by atoms with Crippen LogP contribution in [0.15, 0.2) is 95.2 Å². The number of benzene rings is 3. The second-order valence-corrected chi connectivity index (χ2v) is 7.45. The number of hydrogen-bond donors (Lipinski definition) is 3. The van der Waals surface area contributed by atoms with Gasteiger partial charge in [0.25, 0.3) is 0 Å². The Bertz CT molecular complexity index is 1180. The van der Waals surface area contributed by atoms with Crippen molar-refractivity contribution in [2.24, 2.45) is 15.8 Å². The lowest BCUT2D eigenvalue weighted by Crippen LogP contribution is -2.27. The molecule has 0 atom stereocenters. The zero-order valence-corrected chi connectivity index (χ0v) is 17.9. The average Bonchev–Trinajstić information content (AvgIpc) is 3.24. The van der Waals surface area contributed by atoms with Gasteiger partial charge in [0.2, 0.25) is 5.96 Å². The van der Waals surface area contributed by atoms with E-state index in [2.05, 4.69) is 32.6 Å². The summed E-state index contributed by atoms with van der Waals surface area (Å²) in [5, 5.41) is 5.26. The van der Waals surface area contributed by atoms with Crippen molar-refractivity contribution in [2.45, 2.75) is 19.4 Å². The van der Waals surface area contributed by atoms with Gasteiger partial charge in [0, 0.05) is 29.2 Å². The van der Waals surface area contributed by atoms with Crippen molar-refractivity contribution in [2.75, 3.05) is 6.54 Å². The fourth-order valence-electron chi connectivity index (χ4n) is 3.39. The Morgan fingerprint density at radius 2 is 1.72 bits per heavy atom. The number of nitrogens with two attached hydrogens (primary N) is 1. The summed E-state index contributed by atoms with van der Waals surface area (Å²) in [5.41, 5.74) is 13.1. The number of nitrogens with one attached hydrogen (secondary N) is 2. The van der Waals surface area contributed by atoms with Crippen LogP contribution in [0.5, 0.6) is 5.75 Å². The first-order chi connectivity index (χ1) is 15.8. The fourth-order valence-corrected chi connectivity index (χ4v) is 3.39. The van der Waals surface area contributed by atoms with Crippen molar-refractivity contribution in [3.05, 3.63) is 102 Å². The van der Waals surface area contributed by atoms with Gasteiger partial charge in [-0.1, -0.05) is 60.7 Å². The van der Waals surface area contributed by atoms with Crippen molar-refractivity contribution in [1.29, 1.82) is 0 Å². The predicted molar refractivity (Wildman–Crippen MR) is 131 cm³/mol. The van der Waals surface area contributed by atoms with Crippen LogP contribution in [0, 0.1) is 0 Å². The van der Waals surface area contributed by atoms with Gasteiger partial charge in [-0.05, 0) is 42.2 Å². The van der Waals surface area contributed by atoms with E-state index in [1.165, 1.54) is 5.56 Å². The van der Waals surface area contributed by atoms with Gasteiger partial charge in [-0.3, -0.25) is 4.99 Å². The Morgan fingerprint density at radius 3 is 2.50 bits per heavy atom. The SMILES string of the molecule is NC(=NCCCc1ccccc1)N/N=C/c1c[nH]c2ccc(OCc3ccccc3)cc12. The van der Waals surface area contributed by atoms with Crippen molar-refractivity contribution < 1.29 is 4.74 Å². The third-order valence-electron chi connectivity index (χ3n) is 5.06. The molecule has 0 saturated heterocycles. The number of hydrogen-bond acceptors (Lipinski definition) is 3. The first-order valence-corrected chi connectivity index (χ1v) is 10.7. The highest BCUT2D eigenvalue weighted by Gasteiger charge is 2.04. The van der Waals surface area contributed by atoms with Gasteiger partial charge in [0.05, 0.1) is 6.21 Å². The van der Waals surface area contributed by atoms with Crippen molar-refractivity contribution in [3.8, 4) is 5.75 Å². The monoisotopic (exact) mass is 425 g/mol. The third kappa shape index (κ3) is 5.98. The molecule has 6 heteroatoms. The molecular formula is C26H27N5O. The largest absolute Gasteiger partial charge is 0.489 e. The molecule has 1 heterocycles. The number of ether oxygens (including phenoxy) is 1. The van der Waals surface area contributed by atoms with E-state index in [4.69, 9.17) is 10.5 Å². The van der Waals surface area contributed by atoms with E-state index >= 15 is 0 Å². The highest BCUT2D eigenvalue weighted by Crippen LogP contribution is 2.23. The number of rotatable bonds is 9. The number of fused-ring (bicyclic) bond motifs is 1. The maximum Gasteiger partial charge on any atom is 0.209 e. The predicted octanol–water partition coefficient (Wildman–Crippen LogP) is 4.62. The number of hydrazone groups is 1. The highest BCUT2D eigenvalue weighted by molar-refractivity contribution is 5.99. The quantitative estimate of drug-likeness (QED) is 0.158. The standard InChI is InChI=1S/C26H27N5O/c27-26(28-15-7-12-20-8-3-1-4-9-20)31-30-18-22-17-29-25-14-13-23(16-24(22)25)32-19-21-10-5-2-6-11-21/h1-6,8-11,13-14,16-18,29H,7,12,15,19H2,(H3,27,28,31)/b30-18+. The van der Waals surface area contributed by atoms with Crippen LogP contribution in [0.4, 0.5) is 0 Å². The number of aryl methyl sites for hydroxylation is 1. The van der Waals surface area contributed by atoms with Crippen LogP contribution in [0.25, 0.3) is 10.9 Å². The lowest BCUT2D eigenvalue weighted by atomic mass is 10.1. The van der Waals surface area contributed by atoms with Gasteiger partial charge in [-0.25, -0.2) is 5.43 Å². The molecule has 1 aromatic heterocycles. The molecule has 4 N–H and O–H groups in total. The van der Waals surface area contributed by atoms with E-state index < -0.39 is 0 Å². The van der Waals surface area contributed by atoms with E-state index in [0.29, 0.717) is 19.1 Å². The molecule has 4 rings (SSSR count). The summed E-state index contributed by atoms with van der Waals surface area (Å²) >= 11 is 0. The molecule has 0 spiro atoms. The number of aromatic nitrogens is 1. The fraction of sp³-hybridized carbons (Fsp3) is 0.154. The number of nitrogens with zero attached hydrogens (tertiary/aromatic N) is 2. The molecule has 0 unspecified atom stereocenters. The topological polar surface area (TPSA) is 87.8 Å². The van der Waals surface area contributed by atoms with Gasteiger partial charge >= 0.3 is 0 Å². The van der Waals surface area contributed by atoms with E-state index in [0.717, 1.165) is 40.6 Å². The number of aromatic amines is 1. The molecule has 3 aromatic carbocycles. The molecular weight excluding hydrogens is 398 g/mol. The van der Waals surface area contributed by atoms with Crippen LogP contribution in [0.1, 0.15) is 23.1 Å². The van der Waals surface area contributed by atoms with Crippen LogP contribution >= 0.6 is 0 Å². The molecule has 0 bridgehead atoms. The second-order valence-electron chi connectivity index (χ2n) is 7.45. The smallest absolute Gasteiger partial charge is 0.209 e. The zero-order valence-electron chi connectivity index (χ0n) is 17.9. The van der Waals surface area contributed by atoms with Crippen LogP contribution < -0.4 is 15.9 Å². The first kappa shape index (κ1) is 21.2. The van der Waals surface area contributed by atoms with Crippen LogP contribution in [-0.2, 0) is 13.0 Å². The van der Waals surface area contributed by atoms with Crippen molar-refractivity contribution in [1.82, 2.24) is 10.4 Å². The van der Waals surface area contributed by atoms with Gasteiger partial charge in [0.15, 0.2) is 0 Å². The second kappa shape index (κ2) is 10.8. The average molecular weight is 426 g/mol. The molecule has 0 radical (unpaired) electrons. The summed E-state index contributed by atoms with van der Waals surface area (Å²) in [7, 11) is 0. The first-order valence-electron chi connectivity index (χ1n) is 10.7. The van der Waals surface area contributed by atoms with E-state index in [-0.39, 0.29) is 0 Å². The Kier molecular flexibility index (Phi) is 7.16. The Morgan fingerprint density at radius 1 is 0.969 bits per heavy atom. The van der Waals surface area contributed by atoms with Crippen molar-refractivity contribution >= 4 is 23.1 Å². The molecule has 4 aromatic rings. The molecule has 0 fully saturated rings. The summed E-state index contributed by atoms with van der Waals surface area (Å²) in [4.78, 5) is 7.58. The summed E-state index contributed by atoms with van der Waals surface area (Å²) in [6, 6.07) is 26.4. The van der Waals surface area contributed by atoms with E-state index in [1.54, 1.807) is 6.21 Å². The summed E-state index contributed by atoms with van der Waals surface area (Å²) in [6.07, 6.45) is 5.55. The van der Waals surface area contributed by atoms with Crippen LogP contribution in [0.3, 0.4) is 0 Å². The van der Waals surface area contributed by atoms with Crippen LogP contribution in [0.2, 0.25) is 0 Å². The molecule has 0 aliphatic heterocycles. The Balaban J connectivity index is 1.30. The molecule has 0 aliphatic carbocycles. The number of guanidine groups is 1. The minimum Gasteiger partial charge on any atom is -0.489 e. The van der Waals surface area contributed by atoms with Crippen molar-refractivity contribution in [3.63, 3.8) is 0 Å². The zero-order chi connectivity index (χ0) is 22.0. The lowest BCUT2D eigenvalue weighted by Gasteiger charge is -2.06. The molecule has 162 valence electrons. The van der Waals surface area contributed by atoms with Gasteiger partial charge < -0.3 is 15.5 Å². The van der Waals surface area contributed by atoms with Crippen LogP contribution in [-0.4, -0.2) is 23.7 Å². The molecule has 32 heavy (non-hydrogen) atoms. The summed E-state index contributed by atoms with van der Waals surface area (Å²) in [6.45, 7) is 1.18. The third-order valence-corrected chi connectivity index (χ3v) is 5.06. The summed E-state index contributed by atoms with van der Waals surface area (Å²) < 4.78 is 5.94. The molecule has 0 amide bonds. The molecule has 6 nitrogen and oxygen atoms in total. The maximum absolute atomic E-state index is 5.94. The summed E-state index contributed by atoms with van der Waals surface area (Å²) in [5.74, 6) is 1.11.